The summed E-state index contributed by atoms with van der Waals surface area (Å²) in [5.74, 6) is 0.570. The topological polar surface area (TPSA) is 45.2 Å². The predicted octanol–water partition coefficient (Wildman–Crippen LogP) is 3.52. The van der Waals surface area contributed by atoms with Gasteiger partial charge in [-0.25, -0.2) is 0 Å². The molecule has 0 unspecified atom stereocenters. The Morgan fingerprint density at radius 3 is 2.50 bits per heavy atom. The zero-order valence-electron chi connectivity index (χ0n) is 16.1. The number of carbonyl (C=O) groups excluding carboxylic acids is 1. The third-order valence-electron chi connectivity index (χ3n) is 4.38. The first-order chi connectivity index (χ1) is 11.4. The molecule has 136 valence electrons. The highest BCUT2D eigenvalue weighted by Crippen LogP contribution is 2.19. The van der Waals surface area contributed by atoms with E-state index in [4.69, 9.17) is 0 Å². The van der Waals surface area contributed by atoms with Gasteiger partial charge < -0.3 is 10.2 Å². The number of amides is 1. The number of aromatic nitrogens is 1. The van der Waals surface area contributed by atoms with Crippen LogP contribution in [-0.2, 0) is 11.2 Å². The maximum atomic E-state index is 12.8. The molecule has 1 atom stereocenters. The summed E-state index contributed by atoms with van der Waals surface area (Å²) in [6.45, 7) is 10.5. The van der Waals surface area contributed by atoms with Crippen LogP contribution in [0.5, 0.6) is 0 Å². The lowest BCUT2D eigenvalue weighted by Crippen LogP contribution is -2.37. The molecule has 0 aliphatic carbocycles. The number of unbranched alkanes of at least 4 members (excludes halogenated alkanes) is 2. The molecule has 1 aromatic rings. The monoisotopic (exact) mass is 333 g/mol. The van der Waals surface area contributed by atoms with E-state index in [1.165, 1.54) is 6.42 Å². The molecule has 0 aliphatic rings. The number of hydrogen-bond donors (Lipinski definition) is 1. The molecule has 0 saturated heterocycles. The molecule has 1 aromatic heterocycles. The lowest BCUT2D eigenvalue weighted by Gasteiger charge is -2.26. The van der Waals surface area contributed by atoms with Crippen molar-refractivity contribution in [3.8, 4) is 0 Å². The van der Waals surface area contributed by atoms with E-state index in [0.29, 0.717) is 12.0 Å². The summed E-state index contributed by atoms with van der Waals surface area (Å²) in [4.78, 5) is 19.1. The molecule has 1 N–H and O–H groups in total. The van der Waals surface area contributed by atoms with E-state index in [2.05, 4.69) is 38.0 Å². The fourth-order valence-corrected chi connectivity index (χ4v) is 2.79. The van der Waals surface area contributed by atoms with Crippen molar-refractivity contribution in [3.63, 3.8) is 0 Å². The highest BCUT2D eigenvalue weighted by molar-refractivity contribution is 5.79. The van der Waals surface area contributed by atoms with E-state index >= 15 is 0 Å². The second-order valence-electron chi connectivity index (χ2n) is 7.30. The fourth-order valence-electron chi connectivity index (χ4n) is 2.79. The molecule has 1 heterocycles. The first kappa shape index (κ1) is 20.6. The number of hydrogen-bond acceptors (Lipinski definition) is 3. The van der Waals surface area contributed by atoms with Gasteiger partial charge in [-0.05, 0) is 37.4 Å². The van der Waals surface area contributed by atoms with Gasteiger partial charge in [-0.1, -0.05) is 40.2 Å². The maximum absolute atomic E-state index is 12.8. The Balaban J connectivity index is 2.40. The van der Waals surface area contributed by atoms with Crippen LogP contribution in [0.2, 0.25) is 0 Å². The lowest BCUT2D eigenvalue weighted by molar-refractivity contribution is -0.135. The van der Waals surface area contributed by atoms with Gasteiger partial charge in [0.25, 0.3) is 0 Å². The normalized spacial score (nSPS) is 12.6. The van der Waals surface area contributed by atoms with Crippen LogP contribution in [-0.4, -0.2) is 42.0 Å². The molecular weight excluding hydrogens is 298 g/mol. The molecular formula is C20H35N3O. The van der Waals surface area contributed by atoms with Crippen molar-refractivity contribution >= 4 is 5.91 Å². The van der Waals surface area contributed by atoms with Crippen molar-refractivity contribution in [2.75, 3.05) is 20.1 Å². The minimum Gasteiger partial charge on any atom is -0.346 e. The minimum atomic E-state index is 0.00695. The fraction of sp³-hybridized carbons (Fsp3) is 0.700. The zero-order valence-corrected chi connectivity index (χ0v) is 16.1. The van der Waals surface area contributed by atoms with Crippen LogP contribution in [0.4, 0.5) is 0 Å². The number of rotatable bonds is 11. The third kappa shape index (κ3) is 7.91. The van der Waals surface area contributed by atoms with Gasteiger partial charge >= 0.3 is 0 Å². The van der Waals surface area contributed by atoms with Crippen LogP contribution in [0, 0.1) is 11.8 Å². The van der Waals surface area contributed by atoms with Gasteiger partial charge in [-0.3, -0.25) is 9.78 Å². The van der Waals surface area contributed by atoms with E-state index < -0.39 is 0 Å². The number of pyridine rings is 1. The molecule has 0 saturated carbocycles. The highest BCUT2D eigenvalue weighted by Gasteiger charge is 2.25. The van der Waals surface area contributed by atoms with Crippen molar-refractivity contribution in [2.45, 2.75) is 59.4 Å². The minimum absolute atomic E-state index is 0.00695. The largest absolute Gasteiger partial charge is 0.346 e. The number of carbonyl (C=O) groups is 1. The molecule has 0 aliphatic heterocycles. The van der Waals surface area contributed by atoms with E-state index in [1.54, 1.807) is 6.20 Å². The van der Waals surface area contributed by atoms with Crippen molar-refractivity contribution in [1.29, 1.82) is 0 Å². The molecule has 24 heavy (non-hydrogen) atoms. The van der Waals surface area contributed by atoms with E-state index in [1.807, 2.05) is 30.1 Å². The van der Waals surface area contributed by atoms with Gasteiger partial charge in [0.05, 0.1) is 0 Å². The molecule has 0 aromatic carbocycles. The molecule has 0 bridgehead atoms. The summed E-state index contributed by atoms with van der Waals surface area (Å²) >= 11 is 0. The van der Waals surface area contributed by atoms with Crippen LogP contribution in [0.3, 0.4) is 0 Å². The van der Waals surface area contributed by atoms with Gasteiger partial charge in [0.2, 0.25) is 5.91 Å². The Morgan fingerprint density at radius 2 is 1.92 bits per heavy atom. The van der Waals surface area contributed by atoms with Crippen molar-refractivity contribution in [3.05, 3.63) is 30.1 Å². The first-order valence-corrected chi connectivity index (χ1v) is 9.30. The molecule has 1 rings (SSSR count). The quantitative estimate of drug-likeness (QED) is 0.630. The molecule has 0 spiro atoms. The lowest BCUT2D eigenvalue weighted by atomic mass is 9.89. The number of nitrogens with zero attached hydrogens (tertiary/aromatic N) is 2. The maximum Gasteiger partial charge on any atom is 0.226 e. The van der Waals surface area contributed by atoms with Gasteiger partial charge in [-0.15, -0.1) is 0 Å². The second-order valence-corrected chi connectivity index (χ2v) is 7.30. The summed E-state index contributed by atoms with van der Waals surface area (Å²) in [5, 5.41) is 3.43. The Labute approximate surface area is 148 Å². The van der Waals surface area contributed by atoms with Crippen LogP contribution < -0.4 is 5.32 Å². The Hall–Kier alpha value is -1.42. The molecule has 0 fully saturated rings. The molecule has 0 radical (unpaired) electrons. The average molecular weight is 334 g/mol. The third-order valence-corrected chi connectivity index (χ3v) is 4.38. The summed E-state index contributed by atoms with van der Waals surface area (Å²) in [7, 11) is 1.93. The molecule has 1 amide bonds. The highest BCUT2D eigenvalue weighted by atomic mass is 16.2. The predicted molar refractivity (Wildman–Crippen MR) is 101 cm³/mol. The van der Waals surface area contributed by atoms with Crippen molar-refractivity contribution < 1.29 is 4.79 Å². The average Bonchev–Trinajstić information content (AvgIpc) is 2.55. The van der Waals surface area contributed by atoms with Crippen LogP contribution in [0.15, 0.2) is 24.4 Å². The van der Waals surface area contributed by atoms with Crippen LogP contribution >= 0.6 is 0 Å². The van der Waals surface area contributed by atoms with Crippen molar-refractivity contribution in [1.82, 2.24) is 15.2 Å². The van der Waals surface area contributed by atoms with E-state index in [0.717, 1.165) is 38.0 Å². The summed E-state index contributed by atoms with van der Waals surface area (Å²) in [5.41, 5.74) is 0.998. The van der Waals surface area contributed by atoms with E-state index in [-0.39, 0.29) is 11.8 Å². The van der Waals surface area contributed by atoms with Gasteiger partial charge in [0.15, 0.2) is 0 Å². The second kappa shape index (κ2) is 11.2. The van der Waals surface area contributed by atoms with Crippen LogP contribution in [0.25, 0.3) is 0 Å². The SMILES string of the molecule is CC(C)NCCCCCN(C)C(=O)[C@@H](Cc1ccccn1)C(C)C. The van der Waals surface area contributed by atoms with Crippen LogP contribution in [0.1, 0.15) is 52.7 Å². The standard InChI is InChI=1S/C20H35N3O/c1-16(2)19(15-18-11-7-9-13-22-18)20(24)23(5)14-10-6-8-12-21-17(3)4/h7,9,11,13,16-17,19,21H,6,8,10,12,14-15H2,1-5H3/t19-/m0/s1. The smallest absolute Gasteiger partial charge is 0.226 e. The summed E-state index contributed by atoms with van der Waals surface area (Å²) in [6.07, 6.45) is 5.91. The van der Waals surface area contributed by atoms with E-state index in [9.17, 15) is 4.79 Å². The Kier molecular flexibility index (Phi) is 9.62. The van der Waals surface area contributed by atoms with Gasteiger partial charge in [-0.2, -0.15) is 0 Å². The molecule has 4 heteroatoms. The number of nitrogens with one attached hydrogen (secondary N) is 1. The Morgan fingerprint density at radius 1 is 1.17 bits per heavy atom. The summed E-state index contributed by atoms with van der Waals surface area (Å²) < 4.78 is 0. The zero-order chi connectivity index (χ0) is 17.9. The molecule has 4 nitrogen and oxygen atoms in total. The summed E-state index contributed by atoms with van der Waals surface area (Å²) in [6, 6.07) is 6.45. The van der Waals surface area contributed by atoms with Gasteiger partial charge in [0, 0.05) is 43.9 Å². The van der Waals surface area contributed by atoms with Crippen molar-refractivity contribution in [2.24, 2.45) is 11.8 Å². The Bertz CT molecular complexity index is 459. The first-order valence-electron chi connectivity index (χ1n) is 9.30. The van der Waals surface area contributed by atoms with Gasteiger partial charge in [0.1, 0.15) is 0 Å².